The number of alkyl halides is 3. The van der Waals surface area contributed by atoms with E-state index in [9.17, 15) is 13.2 Å². The van der Waals surface area contributed by atoms with Crippen LogP contribution in [0.3, 0.4) is 0 Å². The highest BCUT2D eigenvalue weighted by Gasteiger charge is 2.39. The minimum absolute atomic E-state index is 0.143. The summed E-state index contributed by atoms with van der Waals surface area (Å²) < 4.78 is 45.9. The molecule has 106 valence electrons. The third kappa shape index (κ3) is 1.78. The van der Waals surface area contributed by atoms with Crippen LogP contribution in [0.25, 0.3) is 10.8 Å². The monoisotopic (exact) mass is 288 g/mol. The van der Waals surface area contributed by atoms with Gasteiger partial charge >= 0.3 is 6.18 Å². The van der Waals surface area contributed by atoms with Crippen LogP contribution in [-0.4, -0.2) is 6.10 Å². The van der Waals surface area contributed by atoms with E-state index in [1.807, 2.05) is 24.3 Å². The quantitative estimate of drug-likeness (QED) is 0.674. The van der Waals surface area contributed by atoms with Crippen molar-refractivity contribution in [1.82, 2.24) is 0 Å². The fraction of sp³-hybridized carbons (Fsp3) is 0.176. The smallest absolute Gasteiger partial charge is 0.417 e. The molecule has 1 aliphatic carbocycles. The first-order chi connectivity index (χ1) is 10.1. The van der Waals surface area contributed by atoms with Gasteiger partial charge in [-0.15, -0.1) is 0 Å². The molecule has 0 saturated heterocycles. The van der Waals surface area contributed by atoms with Crippen LogP contribution in [0.5, 0.6) is 5.75 Å². The highest BCUT2D eigenvalue weighted by Crippen LogP contribution is 2.48. The molecule has 0 fully saturated rings. The lowest BCUT2D eigenvalue weighted by molar-refractivity contribution is -0.136. The summed E-state index contributed by atoms with van der Waals surface area (Å²) in [6.07, 6.45) is 2.90. The Morgan fingerprint density at radius 1 is 0.952 bits per heavy atom. The lowest BCUT2D eigenvalue weighted by Crippen LogP contribution is -2.15. The Balaban J connectivity index is 2.05. The predicted molar refractivity (Wildman–Crippen MR) is 74.4 cm³/mol. The molecule has 2 unspecified atom stereocenters. The zero-order chi connectivity index (χ0) is 14.6. The van der Waals surface area contributed by atoms with E-state index in [1.54, 1.807) is 18.2 Å². The van der Waals surface area contributed by atoms with Gasteiger partial charge in [0.05, 0.1) is 5.56 Å². The zero-order valence-corrected chi connectivity index (χ0v) is 10.9. The second-order valence-corrected chi connectivity index (χ2v) is 5.26. The number of hydrogen-bond acceptors (Lipinski definition) is 1. The van der Waals surface area contributed by atoms with Gasteiger partial charge in [0.15, 0.2) is 0 Å². The molecule has 1 aliphatic heterocycles. The summed E-state index contributed by atoms with van der Waals surface area (Å²) in [5.74, 6) is 0.431. The van der Waals surface area contributed by atoms with Gasteiger partial charge in [0.1, 0.15) is 11.9 Å². The predicted octanol–water partition coefficient (Wildman–Crippen LogP) is 4.83. The van der Waals surface area contributed by atoms with E-state index < -0.39 is 11.7 Å². The average molecular weight is 288 g/mol. The fourth-order valence-corrected chi connectivity index (χ4v) is 3.10. The maximum atomic E-state index is 13.3. The fourth-order valence-electron chi connectivity index (χ4n) is 3.10. The van der Waals surface area contributed by atoms with Crippen molar-refractivity contribution in [3.8, 4) is 5.75 Å². The molecule has 1 nitrogen and oxygen atoms in total. The normalized spacial score (nSPS) is 23.0. The molecule has 0 radical (unpaired) electrons. The van der Waals surface area contributed by atoms with Crippen molar-refractivity contribution in [2.45, 2.75) is 18.2 Å². The SMILES string of the molecule is FC(F)(F)c1cc2c(c3ccccc13)OC1C=CC=CC21. The third-order valence-electron chi connectivity index (χ3n) is 4.03. The van der Waals surface area contributed by atoms with Crippen molar-refractivity contribution in [2.24, 2.45) is 0 Å². The van der Waals surface area contributed by atoms with Crippen LogP contribution in [0.2, 0.25) is 0 Å². The molecule has 1 heterocycles. The Labute approximate surface area is 119 Å². The highest BCUT2D eigenvalue weighted by atomic mass is 19.4. The lowest BCUT2D eigenvalue weighted by Gasteiger charge is -2.15. The Morgan fingerprint density at radius 3 is 2.43 bits per heavy atom. The average Bonchev–Trinajstić information content (AvgIpc) is 2.84. The van der Waals surface area contributed by atoms with Crippen LogP contribution in [0, 0.1) is 0 Å². The van der Waals surface area contributed by atoms with Gasteiger partial charge in [0.25, 0.3) is 0 Å². The van der Waals surface area contributed by atoms with Crippen LogP contribution >= 0.6 is 0 Å². The summed E-state index contributed by atoms with van der Waals surface area (Å²) in [6.45, 7) is 0. The van der Waals surface area contributed by atoms with E-state index >= 15 is 0 Å². The van der Waals surface area contributed by atoms with Gasteiger partial charge in [-0.25, -0.2) is 0 Å². The number of ether oxygens (including phenoxy) is 1. The highest BCUT2D eigenvalue weighted by molar-refractivity contribution is 5.93. The van der Waals surface area contributed by atoms with E-state index in [1.165, 1.54) is 12.1 Å². The van der Waals surface area contributed by atoms with Crippen molar-refractivity contribution in [1.29, 1.82) is 0 Å². The Morgan fingerprint density at radius 2 is 1.67 bits per heavy atom. The first-order valence-corrected chi connectivity index (χ1v) is 6.70. The molecule has 21 heavy (non-hydrogen) atoms. The van der Waals surface area contributed by atoms with Gasteiger partial charge in [-0.2, -0.15) is 13.2 Å². The third-order valence-corrected chi connectivity index (χ3v) is 4.03. The molecule has 0 amide bonds. The van der Waals surface area contributed by atoms with Gasteiger partial charge < -0.3 is 4.74 Å². The van der Waals surface area contributed by atoms with E-state index in [2.05, 4.69) is 0 Å². The molecule has 0 aromatic heterocycles. The molecule has 4 rings (SSSR count). The number of allylic oxidation sites excluding steroid dienone is 2. The number of hydrogen-bond donors (Lipinski definition) is 0. The summed E-state index contributed by atoms with van der Waals surface area (Å²) in [7, 11) is 0. The summed E-state index contributed by atoms with van der Waals surface area (Å²) in [6, 6.07) is 7.78. The number of halogens is 3. The minimum atomic E-state index is -4.37. The second-order valence-electron chi connectivity index (χ2n) is 5.26. The standard InChI is InChI=1S/C17H11F3O/c18-17(19,20)14-9-13-11-6-3-4-8-15(11)21-16(13)12-7-2-1-5-10(12)14/h1-9,11,15H. The molecule has 4 heteroatoms. The Bertz CT molecular complexity index is 786. The molecule has 2 aromatic carbocycles. The maximum absolute atomic E-state index is 13.3. The van der Waals surface area contributed by atoms with E-state index in [0.717, 1.165) is 0 Å². The minimum Gasteiger partial charge on any atom is -0.484 e. The summed E-state index contributed by atoms with van der Waals surface area (Å²) in [5.41, 5.74) is 0.0238. The van der Waals surface area contributed by atoms with Gasteiger partial charge in [-0.1, -0.05) is 42.5 Å². The molecule has 0 spiro atoms. The van der Waals surface area contributed by atoms with Gasteiger partial charge in [0.2, 0.25) is 0 Å². The maximum Gasteiger partial charge on any atom is 0.417 e. The first-order valence-electron chi connectivity index (χ1n) is 6.70. The molecule has 0 saturated carbocycles. The second kappa shape index (κ2) is 4.13. The van der Waals surface area contributed by atoms with Crippen LogP contribution in [0.1, 0.15) is 17.0 Å². The number of rotatable bonds is 0. The van der Waals surface area contributed by atoms with Crippen molar-refractivity contribution in [3.05, 3.63) is 65.8 Å². The van der Waals surface area contributed by atoms with Crippen molar-refractivity contribution in [2.75, 3.05) is 0 Å². The summed E-state index contributed by atoms with van der Waals surface area (Å²) in [5, 5.41) is 0.717. The van der Waals surface area contributed by atoms with Crippen LogP contribution in [0.15, 0.2) is 54.6 Å². The number of fused-ring (bicyclic) bond motifs is 5. The number of benzene rings is 2. The van der Waals surface area contributed by atoms with Crippen molar-refractivity contribution < 1.29 is 17.9 Å². The topological polar surface area (TPSA) is 9.23 Å². The van der Waals surface area contributed by atoms with Crippen LogP contribution < -0.4 is 4.74 Å². The van der Waals surface area contributed by atoms with E-state index in [-0.39, 0.29) is 17.4 Å². The molecule has 2 atom stereocenters. The van der Waals surface area contributed by atoms with Crippen LogP contribution in [-0.2, 0) is 6.18 Å². The molecular formula is C17H11F3O. The van der Waals surface area contributed by atoms with E-state index in [0.29, 0.717) is 16.7 Å². The van der Waals surface area contributed by atoms with Gasteiger partial charge in [-0.3, -0.25) is 0 Å². The Hall–Kier alpha value is -2.23. The van der Waals surface area contributed by atoms with Crippen LogP contribution in [0.4, 0.5) is 13.2 Å². The van der Waals surface area contributed by atoms with E-state index in [4.69, 9.17) is 4.74 Å². The van der Waals surface area contributed by atoms with Gasteiger partial charge in [-0.05, 0) is 17.5 Å². The van der Waals surface area contributed by atoms with Crippen molar-refractivity contribution in [3.63, 3.8) is 0 Å². The Kier molecular flexibility index (Phi) is 2.46. The molecule has 2 aliphatic rings. The molecule has 0 N–H and O–H groups in total. The summed E-state index contributed by atoms with van der Waals surface area (Å²) in [4.78, 5) is 0. The first kappa shape index (κ1) is 12.5. The zero-order valence-electron chi connectivity index (χ0n) is 10.9. The molecule has 0 bridgehead atoms. The van der Waals surface area contributed by atoms with Gasteiger partial charge in [0, 0.05) is 16.9 Å². The molecular weight excluding hydrogens is 277 g/mol. The largest absolute Gasteiger partial charge is 0.484 e. The molecule has 2 aromatic rings. The van der Waals surface area contributed by atoms with Crippen molar-refractivity contribution >= 4 is 10.8 Å². The summed E-state index contributed by atoms with van der Waals surface area (Å²) >= 11 is 0. The lowest BCUT2D eigenvalue weighted by atomic mass is 9.89.